The summed E-state index contributed by atoms with van der Waals surface area (Å²) in [6.45, 7) is 8.30. The predicted octanol–water partition coefficient (Wildman–Crippen LogP) is 3.95. The number of hydrogen-bond donors (Lipinski definition) is 1. The minimum absolute atomic E-state index is 0.0314. The number of rotatable bonds is 9. The fraction of sp³-hybridized carbons (Fsp3) is 0.735. The van der Waals surface area contributed by atoms with E-state index in [1.165, 1.54) is 6.92 Å². The lowest BCUT2D eigenvalue weighted by molar-refractivity contribution is -0.268. The molecule has 1 aromatic carbocycles. The van der Waals surface area contributed by atoms with E-state index >= 15 is 0 Å². The summed E-state index contributed by atoms with van der Waals surface area (Å²) in [7, 11) is 3.59. The second-order valence-corrected chi connectivity index (χ2v) is 14.0. The van der Waals surface area contributed by atoms with Gasteiger partial charge < -0.3 is 24.3 Å². The van der Waals surface area contributed by atoms with Crippen molar-refractivity contribution in [3.8, 4) is 0 Å². The lowest BCUT2D eigenvalue weighted by Crippen LogP contribution is -2.76. The van der Waals surface area contributed by atoms with Crippen LogP contribution in [0, 0.1) is 40.4 Å². The summed E-state index contributed by atoms with van der Waals surface area (Å²) in [6, 6.07) is 7.26. The quantitative estimate of drug-likeness (QED) is 0.429. The molecule has 6 aliphatic rings. The number of fused-ring (bicyclic) bond motifs is 2. The zero-order valence-electron chi connectivity index (χ0n) is 26.1. The van der Waals surface area contributed by atoms with Crippen molar-refractivity contribution in [2.24, 2.45) is 40.4 Å². The van der Waals surface area contributed by atoms with Gasteiger partial charge in [-0.25, -0.2) is 4.79 Å². The molecule has 5 saturated carbocycles. The van der Waals surface area contributed by atoms with Crippen molar-refractivity contribution in [2.75, 3.05) is 45.8 Å². The molecule has 1 aliphatic heterocycles. The molecule has 1 amide bonds. The monoisotopic (exact) mass is 594 g/mol. The van der Waals surface area contributed by atoms with E-state index in [9.17, 15) is 14.4 Å². The number of Topliss-reactive ketones (excluding diaryl/α,β-unsaturated/α-hetero) is 1. The predicted molar refractivity (Wildman–Crippen MR) is 158 cm³/mol. The zero-order valence-corrected chi connectivity index (χ0v) is 26.1. The first-order valence-electron chi connectivity index (χ1n) is 16.2. The molecular weight excluding hydrogens is 548 g/mol. The van der Waals surface area contributed by atoms with Crippen molar-refractivity contribution in [3.05, 3.63) is 29.8 Å². The van der Waals surface area contributed by atoms with Gasteiger partial charge in [0.05, 0.1) is 41.6 Å². The molecule has 1 heterocycles. The average molecular weight is 595 g/mol. The molecule has 7 bridgehead atoms. The molecule has 1 saturated heterocycles. The number of anilines is 1. The van der Waals surface area contributed by atoms with Crippen LogP contribution in [-0.4, -0.2) is 86.9 Å². The van der Waals surface area contributed by atoms with E-state index in [4.69, 9.17) is 18.9 Å². The summed E-state index contributed by atoms with van der Waals surface area (Å²) in [5, 5.41) is 2.77. The number of benzene rings is 1. The van der Waals surface area contributed by atoms with E-state index < -0.39 is 11.6 Å². The highest BCUT2D eigenvalue weighted by atomic mass is 16.5. The number of likely N-dealkylation sites (tertiary alicyclic amines) is 1. The number of para-hydroxylation sites is 1. The molecule has 1 aromatic rings. The Hall–Kier alpha value is -2.33. The van der Waals surface area contributed by atoms with Gasteiger partial charge >= 0.3 is 5.97 Å². The maximum Gasteiger partial charge on any atom is 0.340 e. The van der Waals surface area contributed by atoms with Crippen molar-refractivity contribution in [1.82, 2.24) is 4.90 Å². The molecular formula is C34H46N2O7. The lowest BCUT2D eigenvalue weighted by Gasteiger charge is -2.69. The standard InChI is InChI=1S/C34H46N2O7/c1-6-36-17-32(18-42-31(39)20-10-8-9-11-24(20)35-19(3)37)13-12-27(41-5)34-22-14-21-25(40-4)16-33(43-7-2,28(22)29(21)38)23(30(34)36)15-26(32)34/h8-11,21-23,25-28,30H,6-7,12-18H2,1-5H3,(H,35,37)/t21-,22-,23+,25+,26-,27+,28-,30-,32+,33+,34-/m1/s1. The molecule has 234 valence electrons. The van der Waals surface area contributed by atoms with Crippen LogP contribution in [0.3, 0.4) is 0 Å². The van der Waals surface area contributed by atoms with E-state index in [1.807, 2.05) is 7.11 Å². The molecule has 1 N–H and O–H groups in total. The number of hydrogen-bond acceptors (Lipinski definition) is 8. The molecule has 7 rings (SSSR count). The van der Waals surface area contributed by atoms with E-state index in [0.29, 0.717) is 30.2 Å². The lowest BCUT2D eigenvalue weighted by atomic mass is 9.43. The largest absolute Gasteiger partial charge is 0.461 e. The fourth-order valence-corrected chi connectivity index (χ4v) is 11.8. The maximum atomic E-state index is 14.2. The summed E-state index contributed by atoms with van der Waals surface area (Å²) >= 11 is 0. The van der Waals surface area contributed by atoms with E-state index in [-0.39, 0.29) is 64.6 Å². The van der Waals surface area contributed by atoms with E-state index in [1.54, 1.807) is 31.4 Å². The van der Waals surface area contributed by atoms with Crippen LogP contribution in [-0.2, 0) is 28.5 Å². The van der Waals surface area contributed by atoms with Gasteiger partial charge in [-0.15, -0.1) is 0 Å². The van der Waals surface area contributed by atoms with Gasteiger partial charge in [0.1, 0.15) is 5.78 Å². The van der Waals surface area contributed by atoms with Gasteiger partial charge in [0, 0.05) is 69.4 Å². The van der Waals surface area contributed by atoms with E-state index in [2.05, 4.69) is 24.1 Å². The van der Waals surface area contributed by atoms with Gasteiger partial charge in [-0.3, -0.25) is 14.5 Å². The molecule has 0 unspecified atom stereocenters. The molecule has 9 nitrogen and oxygen atoms in total. The number of ketones is 1. The first kappa shape index (κ1) is 29.4. The number of carbonyl (C=O) groups excluding carboxylic acids is 3. The van der Waals surface area contributed by atoms with Crippen molar-refractivity contribution < 1.29 is 33.3 Å². The van der Waals surface area contributed by atoms with Crippen molar-refractivity contribution in [3.63, 3.8) is 0 Å². The van der Waals surface area contributed by atoms with Gasteiger partial charge in [0.2, 0.25) is 5.91 Å². The summed E-state index contributed by atoms with van der Waals surface area (Å²) < 4.78 is 25.6. The van der Waals surface area contributed by atoms with Gasteiger partial charge in [-0.2, -0.15) is 0 Å². The second kappa shape index (κ2) is 10.4. The van der Waals surface area contributed by atoms with Crippen LogP contribution in [0.5, 0.6) is 0 Å². The average Bonchev–Trinajstić information content (AvgIpc) is 3.41. The third-order valence-corrected chi connectivity index (χ3v) is 12.8. The highest BCUT2D eigenvalue weighted by Crippen LogP contribution is 2.79. The normalized spacial score (nSPS) is 43.9. The van der Waals surface area contributed by atoms with Crippen LogP contribution in [0.15, 0.2) is 24.3 Å². The van der Waals surface area contributed by atoms with Gasteiger partial charge in [0.25, 0.3) is 0 Å². The third kappa shape index (κ3) is 3.74. The van der Waals surface area contributed by atoms with Crippen LogP contribution in [0.1, 0.15) is 63.2 Å². The Bertz CT molecular complexity index is 1320. The van der Waals surface area contributed by atoms with Gasteiger partial charge in [-0.1, -0.05) is 19.1 Å². The summed E-state index contributed by atoms with van der Waals surface area (Å²) in [4.78, 5) is 42.3. The van der Waals surface area contributed by atoms with Gasteiger partial charge in [-0.05, 0) is 63.1 Å². The molecule has 43 heavy (non-hydrogen) atoms. The topological polar surface area (TPSA) is 103 Å². The van der Waals surface area contributed by atoms with Crippen LogP contribution in [0.25, 0.3) is 0 Å². The number of carbonyl (C=O) groups is 3. The summed E-state index contributed by atoms with van der Waals surface area (Å²) in [6.07, 6.45) is 4.19. The number of piperidine rings is 1. The Balaban J connectivity index is 1.31. The number of esters is 1. The molecule has 5 aliphatic carbocycles. The molecule has 11 atom stereocenters. The number of nitrogens with one attached hydrogen (secondary N) is 1. The molecule has 9 heteroatoms. The van der Waals surface area contributed by atoms with Crippen molar-refractivity contribution >= 4 is 23.3 Å². The molecule has 0 aromatic heterocycles. The number of amides is 1. The van der Waals surface area contributed by atoms with Crippen LogP contribution in [0.4, 0.5) is 5.69 Å². The number of methoxy groups -OCH3 is 2. The number of ether oxygens (including phenoxy) is 4. The van der Waals surface area contributed by atoms with Crippen LogP contribution in [0.2, 0.25) is 0 Å². The van der Waals surface area contributed by atoms with Crippen LogP contribution < -0.4 is 5.32 Å². The minimum atomic E-state index is -0.548. The highest BCUT2D eigenvalue weighted by molar-refractivity contribution is 6.00. The molecule has 0 radical (unpaired) electrons. The number of nitrogens with zero attached hydrogens (tertiary/aromatic N) is 1. The van der Waals surface area contributed by atoms with Crippen LogP contribution >= 0.6 is 0 Å². The summed E-state index contributed by atoms with van der Waals surface area (Å²) in [5.74, 6) is -0.0144. The Morgan fingerprint density at radius 2 is 1.88 bits per heavy atom. The minimum Gasteiger partial charge on any atom is -0.461 e. The first-order valence-corrected chi connectivity index (χ1v) is 16.2. The highest BCUT2D eigenvalue weighted by Gasteiger charge is 2.84. The van der Waals surface area contributed by atoms with Crippen molar-refractivity contribution in [2.45, 2.75) is 76.7 Å². The van der Waals surface area contributed by atoms with Gasteiger partial charge in [0.15, 0.2) is 0 Å². The smallest absolute Gasteiger partial charge is 0.340 e. The fourth-order valence-electron chi connectivity index (χ4n) is 11.8. The summed E-state index contributed by atoms with van der Waals surface area (Å²) in [5.41, 5.74) is -0.205. The first-order chi connectivity index (χ1) is 20.7. The second-order valence-electron chi connectivity index (χ2n) is 14.0. The molecule has 6 fully saturated rings. The Morgan fingerprint density at radius 1 is 1.09 bits per heavy atom. The van der Waals surface area contributed by atoms with E-state index in [0.717, 1.165) is 45.2 Å². The zero-order chi connectivity index (χ0) is 30.3. The SMILES string of the molecule is CCO[C@]12C[C@H](OC)[C@H]3C[C@H]([C@@H]1C3=O)[C@@]13[C@@H](OC)CC[C@@]4(COC(=O)c5ccccc5NC(C)=O)CN(CC)[C@@H]1[C@@H]2C[C@H]43. The van der Waals surface area contributed by atoms with Crippen molar-refractivity contribution in [1.29, 1.82) is 0 Å². The maximum absolute atomic E-state index is 14.2. The third-order valence-electron chi connectivity index (χ3n) is 12.8. The Kier molecular flexibility index (Phi) is 7.08. The Morgan fingerprint density at radius 3 is 2.58 bits per heavy atom. The Labute approximate surface area is 254 Å². The molecule has 1 spiro atoms.